The van der Waals surface area contributed by atoms with E-state index < -0.39 is 17.6 Å². The topological polar surface area (TPSA) is 75.4 Å². The van der Waals surface area contributed by atoms with Gasteiger partial charge in [-0.3, -0.25) is 4.79 Å². The van der Waals surface area contributed by atoms with Gasteiger partial charge in [0, 0.05) is 36.6 Å². The molecule has 1 amide bonds. The second-order valence-corrected chi connectivity index (χ2v) is 7.37. The predicted octanol–water partition coefficient (Wildman–Crippen LogP) is 4.27. The molecular formula is C22H17F3N6O. The third-order valence-electron chi connectivity index (χ3n) is 5.29. The van der Waals surface area contributed by atoms with Crippen LogP contribution in [0.25, 0.3) is 16.9 Å². The molecule has 4 heterocycles. The number of fused-ring (bicyclic) bond motifs is 1. The lowest BCUT2D eigenvalue weighted by molar-refractivity contribution is -0.137. The van der Waals surface area contributed by atoms with E-state index in [1.54, 1.807) is 18.3 Å². The van der Waals surface area contributed by atoms with Gasteiger partial charge in [-0.1, -0.05) is 18.2 Å². The molecule has 5 rings (SSSR count). The summed E-state index contributed by atoms with van der Waals surface area (Å²) in [7, 11) is 0. The maximum absolute atomic E-state index is 13.4. The first-order chi connectivity index (χ1) is 15.4. The van der Waals surface area contributed by atoms with Crippen LogP contribution in [0.5, 0.6) is 0 Å². The van der Waals surface area contributed by atoms with E-state index in [2.05, 4.69) is 25.3 Å². The minimum Gasteiger partial charge on any atom is -0.356 e. The van der Waals surface area contributed by atoms with Gasteiger partial charge in [0.15, 0.2) is 11.3 Å². The second kappa shape index (κ2) is 7.63. The maximum Gasteiger partial charge on any atom is 0.417 e. The molecule has 1 aliphatic rings. The minimum atomic E-state index is -4.53. The van der Waals surface area contributed by atoms with Crippen molar-refractivity contribution in [3.8, 4) is 11.3 Å². The number of halogens is 3. The lowest BCUT2D eigenvalue weighted by atomic mass is 10.0. The molecular weight excluding hydrogens is 421 g/mol. The van der Waals surface area contributed by atoms with Crippen molar-refractivity contribution in [1.29, 1.82) is 0 Å². The number of carbonyl (C=O) groups is 1. The molecule has 32 heavy (non-hydrogen) atoms. The molecule has 0 atom stereocenters. The summed E-state index contributed by atoms with van der Waals surface area (Å²) in [4.78, 5) is 23.5. The molecule has 0 saturated carbocycles. The van der Waals surface area contributed by atoms with E-state index in [1.165, 1.54) is 41.0 Å². The Morgan fingerprint density at radius 2 is 1.84 bits per heavy atom. The van der Waals surface area contributed by atoms with Crippen LogP contribution in [0.4, 0.5) is 24.7 Å². The Bertz CT molecular complexity index is 1310. The Balaban J connectivity index is 1.48. The maximum atomic E-state index is 13.4. The summed E-state index contributed by atoms with van der Waals surface area (Å²) < 4.78 is 41.6. The van der Waals surface area contributed by atoms with Crippen molar-refractivity contribution in [3.05, 3.63) is 72.2 Å². The molecule has 0 radical (unpaired) electrons. The quantitative estimate of drug-likeness (QED) is 0.515. The van der Waals surface area contributed by atoms with Crippen LogP contribution in [-0.4, -0.2) is 38.6 Å². The van der Waals surface area contributed by atoms with Gasteiger partial charge in [0.2, 0.25) is 0 Å². The van der Waals surface area contributed by atoms with E-state index in [4.69, 9.17) is 0 Å². The van der Waals surface area contributed by atoms with E-state index >= 15 is 0 Å². The Hall–Kier alpha value is -3.95. The molecule has 10 heteroatoms. The fourth-order valence-corrected chi connectivity index (χ4v) is 3.54. The van der Waals surface area contributed by atoms with Crippen molar-refractivity contribution < 1.29 is 18.0 Å². The standard InChI is InChI=1S/C22H17F3N6O/c23-22(24,25)16-5-2-1-4-15(16)17-6-7-19-27-13-18(31(19)29-17)21(32)28-14-8-9-26-20(12-14)30-10-3-11-30/h1-2,4-9,12-13H,3,10-11H2,(H,26,28,32). The van der Waals surface area contributed by atoms with Crippen LogP contribution >= 0.6 is 0 Å². The van der Waals surface area contributed by atoms with Crippen molar-refractivity contribution in [1.82, 2.24) is 19.6 Å². The van der Waals surface area contributed by atoms with Gasteiger partial charge in [0.1, 0.15) is 5.82 Å². The fraction of sp³-hybridized carbons (Fsp3) is 0.182. The lowest BCUT2D eigenvalue weighted by Gasteiger charge is -2.32. The molecule has 0 bridgehead atoms. The average Bonchev–Trinajstić information content (AvgIpc) is 3.15. The van der Waals surface area contributed by atoms with Crippen molar-refractivity contribution in [2.75, 3.05) is 23.3 Å². The highest BCUT2D eigenvalue weighted by Gasteiger charge is 2.33. The highest BCUT2D eigenvalue weighted by atomic mass is 19.4. The summed E-state index contributed by atoms with van der Waals surface area (Å²) >= 11 is 0. The van der Waals surface area contributed by atoms with Gasteiger partial charge in [-0.2, -0.15) is 18.3 Å². The van der Waals surface area contributed by atoms with Gasteiger partial charge in [-0.25, -0.2) is 14.5 Å². The first kappa shape index (κ1) is 20.0. The van der Waals surface area contributed by atoms with E-state index in [-0.39, 0.29) is 17.0 Å². The van der Waals surface area contributed by atoms with E-state index in [1.807, 2.05) is 0 Å². The Morgan fingerprint density at radius 1 is 1.03 bits per heavy atom. The highest BCUT2D eigenvalue weighted by molar-refractivity contribution is 6.03. The number of hydrogen-bond acceptors (Lipinski definition) is 5. The van der Waals surface area contributed by atoms with Crippen molar-refractivity contribution in [2.45, 2.75) is 12.6 Å². The fourth-order valence-electron chi connectivity index (χ4n) is 3.54. The molecule has 162 valence electrons. The number of hydrogen-bond donors (Lipinski definition) is 1. The van der Waals surface area contributed by atoms with Gasteiger partial charge < -0.3 is 10.2 Å². The molecule has 7 nitrogen and oxygen atoms in total. The summed E-state index contributed by atoms with van der Waals surface area (Å²) in [5.41, 5.74) is 0.221. The zero-order valence-corrected chi connectivity index (χ0v) is 16.7. The Morgan fingerprint density at radius 3 is 2.59 bits per heavy atom. The number of imidazole rings is 1. The second-order valence-electron chi connectivity index (χ2n) is 7.37. The number of carbonyl (C=O) groups excluding carboxylic acids is 1. The molecule has 0 spiro atoms. The normalized spacial score (nSPS) is 13.8. The molecule has 1 fully saturated rings. The zero-order valence-electron chi connectivity index (χ0n) is 16.7. The van der Waals surface area contributed by atoms with E-state index in [9.17, 15) is 18.0 Å². The van der Waals surface area contributed by atoms with Gasteiger partial charge in [-0.05, 0) is 30.7 Å². The molecule has 0 unspecified atom stereocenters. The number of rotatable bonds is 4. The largest absolute Gasteiger partial charge is 0.417 e. The molecule has 1 saturated heterocycles. The van der Waals surface area contributed by atoms with Gasteiger partial charge in [0.05, 0.1) is 17.5 Å². The third kappa shape index (κ3) is 3.64. The van der Waals surface area contributed by atoms with E-state index in [0.29, 0.717) is 11.3 Å². The molecule has 1 N–H and O–H groups in total. The molecule has 0 aliphatic carbocycles. The van der Waals surface area contributed by atoms with Crippen molar-refractivity contribution >= 4 is 23.1 Å². The summed E-state index contributed by atoms with van der Waals surface area (Å²) in [5, 5.41) is 7.07. The van der Waals surface area contributed by atoms with Crippen LogP contribution in [0, 0.1) is 0 Å². The van der Waals surface area contributed by atoms with Crippen LogP contribution < -0.4 is 10.2 Å². The van der Waals surface area contributed by atoms with E-state index in [0.717, 1.165) is 31.4 Å². The Kier molecular flexibility index (Phi) is 4.76. The third-order valence-corrected chi connectivity index (χ3v) is 5.29. The van der Waals surface area contributed by atoms with Crippen LogP contribution in [0.2, 0.25) is 0 Å². The van der Waals surface area contributed by atoms with Crippen LogP contribution in [0.3, 0.4) is 0 Å². The minimum absolute atomic E-state index is 0.0738. The molecule has 1 aromatic carbocycles. The number of amides is 1. The first-order valence-electron chi connectivity index (χ1n) is 9.94. The number of alkyl halides is 3. The zero-order chi connectivity index (χ0) is 22.3. The number of nitrogens with zero attached hydrogens (tertiary/aromatic N) is 5. The van der Waals surface area contributed by atoms with Gasteiger partial charge in [-0.15, -0.1) is 0 Å². The lowest BCUT2D eigenvalue weighted by Crippen LogP contribution is -2.37. The van der Waals surface area contributed by atoms with Crippen LogP contribution in [-0.2, 0) is 6.18 Å². The average molecular weight is 438 g/mol. The predicted molar refractivity (Wildman–Crippen MR) is 112 cm³/mol. The van der Waals surface area contributed by atoms with Crippen LogP contribution in [0.15, 0.2) is 60.9 Å². The summed E-state index contributed by atoms with van der Waals surface area (Å²) in [6.45, 7) is 1.84. The van der Waals surface area contributed by atoms with Crippen molar-refractivity contribution in [3.63, 3.8) is 0 Å². The SMILES string of the molecule is O=C(Nc1ccnc(N2CCC2)c1)c1cnc2ccc(-c3ccccc3C(F)(F)F)nn12. The van der Waals surface area contributed by atoms with Crippen molar-refractivity contribution in [2.24, 2.45) is 0 Å². The van der Waals surface area contributed by atoms with Gasteiger partial charge in [0.25, 0.3) is 5.91 Å². The Labute approximate surface area is 180 Å². The first-order valence-corrected chi connectivity index (χ1v) is 9.94. The summed E-state index contributed by atoms with van der Waals surface area (Å²) in [6, 6.07) is 11.6. The monoisotopic (exact) mass is 438 g/mol. The molecule has 3 aromatic heterocycles. The number of pyridine rings is 1. The number of nitrogens with one attached hydrogen (secondary N) is 1. The number of anilines is 2. The highest BCUT2D eigenvalue weighted by Crippen LogP contribution is 2.36. The van der Waals surface area contributed by atoms with Crippen LogP contribution in [0.1, 0.15) is 22.5 Å². The summed E-state index contributed by atoms with van der Waals surface area (Å²) in [6.07, 6.45) is -0.472. The molecule has 4 aromatic rings. The number of benzene rings is 1. The smallest absolute Gasteiger partial charge is 0.356 e. The molecule has 1 aliphatic heterocycles. The van der Waals surface area contributed by atoms with Gasteiger partial charge >= 0.3 is 6.18 Å². The number of aromatic nitrogens is 4. The summed E-state index contributed by atoms with van der Waals surface area (Å²) in [5.74, 6) is 0.295.